The van der Waals surface area contributed by atoms with E-state index in [2.05, 4.69) is 0 Å². The predicted molar refractivity (Wildman–Crippen MR) is 72.5 cm³/mol. The van der Waals surface area contributed by atoms with Gasteiger partial charge in [-0.1, -0.05) is 10.7 Å². The summed E-state index contributed by atoms with van der Waals surface area (Å²) in [5, 5.41) is 31.1. The van der Waals surface area contributed by atoms with Crippen molar-refractivity contribution < 1.29 is 24.4 Å². The van der Waals surface area contributed by atoms with E-state index in [1.54, 1.807) is 31.6 Å². The van der Waals surface area contributed by atoms with Crippen molar-refractivity contribution >= 4 is 11.4 Å². The van der Waals surface area contributed by atoms with Gasteiger partial charge >= 0.3 is 0 Å². The van der Waals surface area contributed by atoms with Gasteiger partial charge in [0.15, 0.2) is 0 Å². The van der Waals surface area contributed by atoms with Crippen molar-refractivity contribution in [2.24, 2.45) is 0 Å². The van der Waals surface area contributed by atoms with Crippen molar-refractivity contribution in [3.8, 4) is 11.5 Å². The number of nitrogens with zero attached hydrogens (tertiary/aromatic N) is 3. The average molecular weight is 308 g/mol. The van der Waals surface area contributed by atoms with Crippen LogP contribution in [0, 0.1) is 20.2 Å². The topological polar surface area (TPSA) is 148 Å². The molecule has 22 heavy (non-hydrogen) atoms. The summed E-state index contributed by atoms with van der Waals surface area (Å²) in [6.45, 7) is 0. The molecular formula is C12H12N4O6. The highest BCUT2D eigenvalue weighted by Gasteiger charge is 2.13. The molecular weight excluding hydrogens is 296 g/mol. The maximum absolute atomic E-state index is 10.8. The second kappa shape index (κ2) is 7.38. The van der Waals surface area contributed by atoms with Crippen LogP contribution in [0.25, 0.3) is 0 Å². The van der Waals surface area contributed by atoms with E-state index in [1.165, 1.54) is 4.68 Å². The van der Waals surface area contributed by atoms with Crippen molar-refractivity contribution in [1.82, 2.24) is 0 Å². The molecule has 0 fully saturated rings. The molecule has 0 aliphatic rings. The standard InChI is InChI=1S/C6H4N2O5.C6H9N2O/c9-6-2-1-4(7(10)11)3-5(6)8(12)13;1-9-6-2-4-8(7)5-3-6/h1-3,9H;2-5H,7H2,1H3/q;+1/p-1. The molecule has 2 aromatic rings. The molecule has 0 bridgehead atoms. The zero-order valence-corrected chi connectivity index (χ0v) is 11.4. The second-order valence-corrected chi connectivity index (χ2v) is 3.85. The molecule has 0 spiro atoms. The minimum atomic E-state index is -0.949. The minimum Gasteiger partial charge on any atom is -0.868 e. The maximum Gasteiger partial charge on any atom is 0.276 e. The Hall–Kier alpha value is -3.43. The number of hydrogen-bond acceptors (Lipinski definition) is 7. The number of benzene rings is 1. The summed E-state index contributed by atoms with van der Waals surface area (Å²) in [4.78, 5) is 18.6. The highest BCUT2D eigenvalue weighted by Crippen LogP contribution is 2.27. The number of nitro benzene ring substituents is 2. The van der Waals surface area contributed by atoms with Crippen LogP contribution in [0.5, 0.6) is 11.5 Å². The molecule has 1 aromatic heterocycles. The largest absolute Gasteiger partial charge is 0.868 e. The number of nitro groups is 2. The first-order valence-corrected chi connectivity index (χ1v) is 5.75. The minimum absolute atomic E-state index is 0.466. The molecule has 2 N–H and O–H groups in total. The fourth-order valence-corrected chi connectivity index (χ4v) is 1.32. The number of non-ortho nitro benzene ring substituents is 1. The first-order valence-electron chi connectivity index (χ1n) is 5.75. The smallest absolute Gasteiger partial charge is 0.276 e. The fraction of sp³-hybridized carbons (Fsp3) is 0.0833. The van der Waals surface area contributed by atoms with Gasteiger partial charge < -0.3 is 9.84 Å². The first-order chi connectivity index (χ1) is 10.3. The number of ether oxygens (including phenoxy) is 1. The van der Waals surface area contributed by atoms with E-state index >= 15 is 0 Å². The highest BCUT2D eigenvalue weighted by molar-refractivity contribution is 5.51. The lowest BCUT2D eigenvalue weighted by atomic mass is 10.2. The molecule has 0 unspecified atom stereocenters. The van der Waals surface area contributed by atoms with Gasteiger partial charge in [-0.05, 0) is 5.75 Å². The summed E-state index contributed by atoms with van der Waals surface area (Å²) in [5.74, 6) is 5.32. The Morgan fingerprint density at radius 1 is 1.09 bits per heavy atom. The van der Waals surface area contributed by atoms with Crippen LogP contribution in [0.4, 0.5) is 11.4 Å². The molecule has 0 aliphatic heterocycles. The SMILES string of the molecule is COc1cc[n+](N)cc1.O=[N+]([O-])c1ccc([O-])c([N+](=O)[O-])c1. The maximum atomic E-state index is 10.8. The van der Waals surface area contributed by atoms with Crippen LogP contribution in [0.2, 0.25) is 0 Å². The third-order valence-corrected chi connectivity index (χ3v) is 2.41. The first kappa shape index (κ1) is 16.6. The van der Waals surface area contributed by atoms with Gasteiger partial charge in [-0.2, -0.15) is 0 Å². The Morgan fingerprint density at radius 3 is 2.14 bits per heavy atom. The van der Waals surface area contributed by atoms with Crippen LogP contribution in [-0.4, -0.2) is 17.0 Å². The third kappa shape index (κ3) is 4.59. The Labute approximate surface area is 124 Å². The molecule has 1 aromatic carbocycles. The van der Waals surface area contributed by atoms with Crippen LogP contribution in [0.15, 0.2) is 42.7 Å². The molecule has 0 radical (unpaired) electrons. The Morgan fingerprint density at radius 2 is 1.68 bits per heavy atom. The van der Waals surface area contributed by atoms with E-state index in [1.807, 2.05) is 0 Å². The van der Waals surface area contributed by atoms with Crippen molar-refractivity contribution in [2.75, 3.05) is 13.0 Å². The fourth-order valence-electron chi connectivity index (χ4n) is 1.32. The number of aromatic nitrogens is 1. The third-order valence-electron chi connectivity index (χ3n) is 2.41. The van der Waals surface area contributed by atoms with Crippen molar-refractivity contribution in [1.29, 1.82) is 0 Å². The lowest BCUT2D eigenvalue weighted by Gasteiger charge is -2.03. The van der Waals surface area contributed by atoms with Crippen LogP contribution >= 0.6 is 0 Å². The number of nitrogens with two attached hydrogens (primary N) is 1. The average Bonchev–Trinajstić information content (AvgIpc) is 2.48. The monoisotopic (exact) mass is 308 g/mol. The molecule has 0 saturated carbocycles. The number of nitrogen functional groups attached to an aromatic ring is 1. The van der Waals surface area contributed by atoms with E-state index in [0.29, 0.717) is 6.07 Å². The van der Waals surface area contributed by atoms with Gasteiger partial charge in [-0.15, -0.1) is 0 Å². The quantitative estimate of drug-likeness (QED) is 0.370. The molecule has 10 heteroatoms. The highest BCUT2D eigenvalue weighted by atomic mass is 16.6. The van der Waals surface area contributed by atoms with Crippen LogP contribution in [0.3, 0.4) is 0 Å². The van der Waals surface area contributed by atoms with E-state index in [4.69, 9.17) is 10.6 Å². The predicted octanol–water partition coefficient (Wildman–Crippen LogP) is 0.273. The van der Waals surface area contributed by atoms with Gasteiger partial charge in [0.2, 0.25) is 12.4 Å². The Kier molecular flexibility index (Phi) is 5.58. The Bertz CT molecular complexity index is 674. The molecule has 1 heterocycles. The van der Waals surface area contributed by atoms with Crippen LogP contribution in [-0.2, 0) is 0 Å². The Balaban J connectivity index is 0.000000235. The lowest BCUT2D eigenvalue weighted by Crippen LogP contribution is -2.43. The van der Waals surface area contributed by atoms with Gasteiger partial charge in [0.25, 0.3) is 11.4 Å². The van der Waals surface area contributed by atoms with Crippen molar-refractivity contribution in [3.63, 3.8) is 0 Å². The summed E-state index contributed by atoms with van der Waals surface area (Å²) in [6.07, 6.45) is 3.44. The normalized spacial score (nSPS) is 9.32. The summed E-state index contributed by atoms with van der Waals surface area (Å²) < 4.78 is 6.36. The van der Waals surface area contributed by atoms with Gasteiger partial charge in [0.1, 0.15) is 5.75 Å². The molecule has 0 amide bonds. The van der Waals surface area contributed by atoms with Crippen LogP contribution < -0.4 is 20.4 Å². The molecule has 0 atom stereocenters. The van der Waals surface area contributed by atoms with E-state index in [0.717, 1.165) is 17.9 Å². The summed E-state index contributed by atoms with van der Waals surface area (Å²) in [6, 6.07) is 5.95. The van der Waals surface area contributed by atoms with E-state index in [-0.39, 0.29) is 0 Å². The summed E-state index contributed by atoms with van der Waals surface area (Å²) >= 11 is 0. The van der Waals surface area contributed by atoms with Crippen LogP contribution in [0.1, 0.15) is 0 Å². The number of hydrogen-bond donors (Lipinski definition) is 1. The van der Waals surface area contributed by atoms with Crippen molar-refractivity contribution in [2.45, 2.75) is 0 Å². The van der Waals surface area contributed by atoms with Gasteiger partial charge in [-0.25, -0.2) is 5.84 Å². The molecule has 10 nitrogen and oxygen atoms in total. The molecule has 0 aliphatic carbocycles. The van der Waals surface area contributed by atoms with Crippen molar-refractivity contribution in [3.05, 3.63) is 63.0 Å². The van der Waals surface area contributed by atoms with E-state index in [9.17, 15) is 25.3 Å². The van der Waals surface area contributed by atoms with Gasteiger partial charge in [0.05, 0.1) is 23.0 Å². The zero-order valence-electron chi connectivity index (χ0n) is 11.4. The molecule has 0 saturated heterocycles. The molecule has 2 rings (SSSR count). The summed E-state index contributed by atoms with van der Waals surface area (Å²) in [5.41, 5.74) is -1.25. The lowest BCUT2D eigenvalue weighted by molar-refractivity contribution is -0.639. The number of rotatable bonds is 3. The number of pyridine rings is 1. The zero-order chi connectivity index (χ0) is 16.7. The van der Waals surface area contributed by atoms with Gasteiger partial charge in [-0.3, -0.25) is 20.2 Å². The van der Waals surface area contributed by atoms with E-state index < -0.39 is 27.0 Å². The summed E-state index contributed by atoms with van der Waals surface area (Å²) in [7, 11) is 1.62. The molecule has 116 valence electrons. The number of methoxy groups -OCH3 is 1. The van der Waals surface area contributed by atoms with Gasteiger partial charge in [0, 0.05) is 18.2 Å². The second-order valence-electron chi connectivity index (χ2n) is 3.85.